The molecule has 1 heterocycles. The smallest absolute Gasteiger partial charge is 0.258 e. The van der Waals surface area contributed by atoms with Crippen molar-refractivity contribution in [2.24, 2.45) is 0 Å². The molecule has 2 aromatic rings. The predicted octanol–water partition coefficient (Wildman–Crippen LogP) is 1.98. The zero-order chi connectivity index (χ0) is 15.2. The minimum absolute atomic E-state index is 0.0789. The summed E-state index contributed by atoms with van der Waals surface area (Å²) in [4.78, 5) is 18.9. The molecule has 6 nitrogen and oxygen atoms in total. The summed E-state index contributed by atoms with van der Waals surface area (Å²) in [6.07, 6.45) is 3.36. The third-order valence-corrected chi connectivity index (χ3v) is 2.98. The Morgan fingerprint density at radius 1 is 1.43 bits per heavy atom. The van der Waals surface area contributed by atoms with Gasteiger partial charge in [-0.15, -0.1) is 0 Å². The normalized spacial score (nSPS) is 11.8. The number of imidazole rings is 1. The lowest BCUT2D eigenvalue weighted by Crippen LogP contribution is -2.31. The van der Waals surface area contributed by atoms with E-state index in [1.165, 1.54) is 0 Å². The number of H-pyrrole nitrogens is 1. The highest BCUT2D eigenvalue weighted by atomic mass is 16.5. The monoisotopic (exact) mass is 289 g/mol. The fraction of sp³-hybridized carbons (Fsp3) is 0.333. The Morgan fingerprint density at radius 3 is 2.90 bits per heavy atom. The van der Waals surface area contributed by atoms with Gasteiger partial charge in [0, 0.05) is 12.4 Å². The molecule has 2 N–H and O–H groups in total. The van der Waals surface area contributed by atoms with Gasteiger partial charge >= 0.3 is 0 Å². The van der Waals surface area contributed by atoms with Crippen LogP contribution in [0.5, 0.6) is 11.5 Å². The van der Waals surface area contributed by atoms with Gasteiger partial charge in [0.1, 0.15) is 5.82 Å². The van der Waals surface area contributed by atoms with Crippen LogP contribution in [0.4, 0.5) is 0 Å². The Labute approximate surface area is 123 Å². The summed E-state index contributed by atoms with van der Waals surface area (Å²) in [5, 5.41) is 2.80. The molecule has 1 aromatic carbocycles. The highest BCUT2D eigenvalue weighted by molar-refractivity contribution is 5.78. The molecule has 21 heavy (non-hydrogen) atoms. The molecule has 0 aliphatic heterocycles. The van der Waals surface area contributed by atoms with Gasteiger partial charge in [0.2, 0.25) is 0 Å². The van der Waals surface area contributed by atoms with Crippen molar-refractivity contribution in [2.75, 3.05) is 13.7 Å². The van der Waals surface area contributed by atoms with E-state index >= 15 is 0 Å². The van der Waals surface area contributed by atoms with E-state index in [2.05, 4.69) is 15.3 Å². The Bertz CT molecular complexity index is 596. The molecule has 0 aliphatic rings. The lowest BCUT2D eigenvalue weighted by atomic mass is 10.2. The van der Waals surface area contributed by atoms with Gasteiger partial charge < -0.3 is 19.8 Å². The van der Waals surface area contributed by atoms with Crippen molar-refractivity contribution in [2.45, 2.75) is 19.9 Å². The Hall–Kier alpha value is -2.50. The number of aryl methyl sites for hydroxylation is 1. The summed E-state index contributed by atoms with van der Waals surface area (Å²) in [5.74, 6) is 1.64. The highest BCUT2D eigenvalue weighted by Crippen LogP contribution is 2.27. The SMILES string of the molecule is COc1cc(C)ccc1OCC(=O)NC(C)c1ncc[nH]1. The minimum atomic E-state index is -0.221. The van der Waals surface area contributed by atoms with Crippen LogP contribution in [0.1, 0.15) is 24.4 Å². The van der Waals surface area contributed by atoms with Crippen molar-refractivity contribution in [3.8, 4) is 11.5 Å². The first-order chi connectivity index (χ1) is 10.1. The molecule has 0 spiro atoms. The number of hydrogen-bond acceptors (Lipinski definition) is 4. The number of amides is 1. The van der Waals surface area contributed by atoms with E-state index in [9.17, 15) is 4.79 Å². The molecule has 2 rings (SSSR count). The molecule has 1 atom stereocenters. The van der Waals surface area contributed by atoms with E-state index < -0.39 is 0 Å². The predicted molar refractivity (Wildman–Crippen MR) is 78.4 cm³/mol. The molecular weight excluding hydrogens is 270 g/mol. The molecule has 112 valence electrons. The van der Waals surface area contributed by atoms with Crippen LogP contribution < -0.4 is 14.8 Å². The number of rotatable bonds is 6. The molecule has 6 heteroatoms. The van der Waals surface area contributed by atoms with Gasteiger partial charge in [-0.25, -0.2) is 4.98 Å². The Balaban J connectivity index is 1.89. The molecule has 0 saturated carbocycles. The number of carbonyl (C=O) groups is 1. The molecular formula is C15H19N3O3. The second-order valence-electron chi connectivity index (χ2n) is 4.71. The molecule has 0 radical (unpaired) electrons. The summed E-state index contributed by atoms with van der Waals surface area (Å²) in [5.41, 5.74) is 1.06. The number of carbonyl (C=O) groups excluding carboxylic acids is 1. The molecule has 0 fully saturated rings. The lowest BCUT2D eigenvalue weighted by molar-refractivity contribution is -0.123. The molecule has 1 amide bonds. The third kappa shape index (κ3) is 3.98. The van der Waals surface area contributed by atoms with Crippen molar-refractivity contribution in [1.82, 2.24) is 15.3 Å². The van der Waals surface area contributed by atoms with E-state index in [0.717, 1.165) is 5.56 Å². The summed E-state index contributed by atoms with van der Waals surface area (Å²) in [7, 11) is 1.57. The van der Waals surface area contributed by atoms with E-state index in [1.54, 1.807) is 25.6 Å². The number of aromatic nitrogens is 2. The lowest BCUT2D eigenvalue weighted by Gasteiger charge is -2.14. The molecule has 0 bridgehead atoms. The Kier molecular flexibility index (Phi) is 4.81. The van der Waals surface area contributed by atoms with Gasteiger partial charge in [0.25, 0.3) is 5.91 Å². The zero-order valence-corrected chi connectivity index (χ0v) is 12.3. The van der Waals surface area contributed by atoms with E-state index in [1.807, 2.05) is 26.0 Å². The van der Waals surface area contributed by atoms with Crippen LogP contribution >= 0.6 is 0 Å². The van der Waals surface area contributed by atoms with Crippen LogP contribution in [-0.4, -0.2) is 29.6 Å². The molecule has 1 unspecified atom stereocenters. The maximum atomic E-state index is 11.9. The molecule has 1 aromatic heterocycles. The number of hydrogen-bond donors (Lipinski definition) is 2. The summed E-state index contributed by atoms with van der Waals surface area (Å²) in [6.45, 7) is 3.73. The van der Waals surface area contributed by atoms with E-state index in [-0.39, 0.29) is 18.6 Å². The Morgan fingerprint density at radius 2 is 2.24 bits per heavy atom. The first-order valence-electron chi connectivity index (χ1n) is 6.66. The van der Waals surface area contributed by atoms with E-state index in [4.69, 9.17) is 9.47 Å². The fourth-order valence-electron chi connectivity index (χ4n) is 1.90. The standard InChI is InChI=1S/C15H19N3O3/c1-10-4-5-12(13(8-10)20-3)21-9-14(19)18-11(2)15-16-6-7-17-15/h4-8,11H,9H2,1-3H3,(H,16,17)(H,18,19). The van der Waals surface area contributed by atoms with Gasteiger partial charge in [0.05, 0.1) is 13.2 Å². The fourth-order valence-corrected chi connectivity index (χ4v) is 1.90. The second kappa shape index (κ2) is 6.78. The summed E-state index contributed by atoms with van der Waals surface area (Å²) in [6, 6.07) is 5.35. The van der Waals surface area contributed by atoms with E-state index in [0.29, 0.717) is 17.3 Å². The zero-order valence-electron chi connectivity index (χ0n) is 12.3. The van der Waals surface area contributed by atoms with Crippen molar-refractivity contribution in [3.63, 3.8) is 0 Å². The van der Waals surface area contributed by atoms with Crippen molar-refractivity contribution >= 4 is 5.91 Å². The van der Waals surface area contributed by atoms with Crippen LogP contribution in [0.25, 0.3) is 0 Å². The van der Waals surface area contributed by atoms with Crippen molar-refractivity contribution in [1.29, 1.82) is 0 Å². The van der Waals surface area contributed by atoms with Gasteiger partial charge in [-0.3, -0.25) is 4.79 Å². The van der Waals surface area contributed by atoms with Gasteiger partial charge in [-0.05, 0) is 31.5 Å². The van der Waals surface area contributed by atoms with Gasteiger partial charge in [-0.2, -0.15) is 0 Å². The van der Waals surface area contributed by atoms with Crippen molar-refractivity contribution < 1.29 is 14.3 Å². The second-order valence-corrected chi connectivity index (χ2v) is 4.71. The number of nitrogens with one attached hydrogen (secondary N) is 2. The maximum Gasteiger partial charge on any atom is 0.258 e. The van der Waals surface area contributed by atoms with Gasteiger partial charge in [-0.1, -0.05) is 6.07 Å². The summed E-state index contributed by atoms with van der Waals surface area (Å²) >= 11 is 0. The van der Waals surface area contributed by atoms with Crippen LogP contribution in [0, 0.1) is 6.92 Å². The van der Waals surface area contributed by atoms with Crippen LogP contribution in [-0.2, 0) is 4.79 Å². The van der Waals surface area contributed by atoms with Gasteiger partial charge in [0.15, 0.2) is 18.1 Å². The quantitative estimate of drug-likeness (QED) is 0.852. The number of methoxy groups -OCH3 is 1. The van der Waals surface area contributed by atoms with Crippen LogP contribution in [0.15, 0.2) is 30.6 Å². The highest BCUT2D eigenvalue weighted by Gasteiger charge is 2.13. The van der Waals surface area contributed by atoms with Crippen LogP contribution in [0.3, 0.4) is 0 Å². The number of aromatic amines is 1. The van der Waals surface area contributed by atoms with Crippen molar-refractivity contribution in [3.05, 3.63) is 42.0 Å². The molecule has 0 saturated heterocycles. The number of ether oxygens (including phenoxy) is 2. The first-order valence-corrected chi connectivity index (χ1v) is 6.66. The number of nitrogens with zero attached hydrogens (tertiary/aromatic N) is 1. The average molecular weight is 289 g/mol. The average Bonchev–Trinajstić information content (AvgIpc) is 3.00. The maximum absolute atomic E-state index is 11.9. The third-order valence-electron chi connectivity index (χ3n) is 2.98. The number of benzene rings is 1. The summed E-state index contributed by atoms with van der Waals surface area (Å²) < 4.78 is 10.7. The minimum Gasteiger partial charge on any atom is -0.493 e. The largest absolute Gasteiger partial charge is 0.493 e. The van der Waals surface area contributed by atoms with Crippen LogP contribution in [0.2, 0.25) is 0 Å². The topological polar surface area (TPSA) is 76.2 Å². The molecule has 0 aliphatic carbocycles. The first kappa shape index (κ1) is 14.9.